The van der Waals surface area contributed by atoms with E-state index in [1.165, 1.54) is 6.20 Å². The zero-order valence-electron chi connectivity index (χ0n) is 15.0. The summed E-state index contributed by atoms with van der Waals surface area (Å²) in [7, 11) is 0. The molecule has 2 N–H and O–H groups in total. The van der Waals surface area contributed by atoms with Crippen LogP contribution in [0.25, 0.3) is 0 Å². The van der Waals surface area contributed by atoms with Crippen LogP contribution in [0.5, 0.6) is 0 Å². The second kappa shape index (κ2) is 8.63. The standard InChI is InChI=1S/C23H20N2O2/c1-17-10-8-9-15-21(17)25-23(27)20(16-24-19-13-6-3-7-14-19)22(26)18-11-4-2-5-12-18/h2-16,24H,1H3,(H,25,27). The molecule has 0 spiro atoms. The van der Waals surface area contributed by atoms with Crippen LogP contribution in [0.3, 0.4) is 0 Å². The Morgan fingerprint density at radius 3 is 2.04 bits per heavy atom. The van der Waals surface area contributed by atoms with Crippen LogP contribution < -0.4 is 10.6 Å². The summed E-state index contributed by atoms with van der Waals surface area (Å²) in [6, 6.07) is 25.6. The molecule has 0 radical (unpaired) electrons. The van der Waals surface area contributed by atoms with E-state index in [9.17, 15) is 9.59 Å². The number of carbonyl (C=O) groups excluding carboxylic acids is 2. The van der Waals surface area contributed by atoms with Crippen molar-refractivity contribution in [3.63, 3.8) is 0 Å². The first-order valence-electron chi connectivity index (χ1n) is 8.63. The molecule has 3 aromatic rings. The smallest absolute Gasteiger partial charge is 0.261 e. The van der Waals surface area contributed by atoms with Gasteiger partial charge >= 0.3 is 0 Å². The summed E-state index contributed by atoms with van der Waals surface area (Å²) in [5.74, 6) is -0.799. The Bertz CT molecular complexity index is 964. The number of benzene rings is 3. The maximum absolute atomic E-state index is 12.9. The van der Waals surface area contributed by atoms with E-state index in [0.717, 1.165) is 11.3 Å². The average Bonchev–Trinajstić information content (AvgIpc) is 2.71. The molecule has 27 heavy (non-hydrogen) atoms. The lowest BCUT2D eigenvalue weighted by Crippen LogP contribution is -2.22. The summed E-state index contributed by atoms with van der Waals surface area (Å²) in [5, 5.41) is 5.86. The van der Waals surface area contributed by atoms with E-state index in [1.54, 1.807) is 24.3 Å². The van der Waals surface area contributed by atoms with Crippen molar-refractivity contribution in [1.29, 1.82) is 0 Å². The predicted molar refractivity (Wildman–Crippen MR) is 109 cm³/mol. The van der Waals surface area contributed by atoms with E-state index in [2.05, 4.69) is 10.6 Å². The van der Waals surface area contributed by atoms with Gasteiger partial charge in [-0.25, -0.2) is 0 Å². The highest BCUT2D eigenvalue weighted by Gasteiger charge is 2.20. The third kappa shape index (κ3) is 4.70. The molecule has 0 saturated carbocycles. The quantitative estimate of drug-likeness (QED) is 0.288. The highest BCUT2D eigenvalue weighted by molar-refractivity contribution is 6.28. The molecule has 0 heterocycles. The number of para-hydroxylation sites is 2. The van der Waals surface area contributed by atoms with Crippen molar-refractivity contribution in [2.75, 3.05) is 10.6 Å². The maximum atomic E-state index is 12.9. The van der Waals surface area contributed by atoms with Gasteiger partial charge in [-0.15, -0.1) is 0 Å². The molecule has 0 aliphatic heterocycles. The molecule has 4 nitrogen and oxygen atoms in total. The van der Waals surface area contributed by atoms with E-state index < -0.39 is 5.91 Å². The molecule has 1 amide bonds. The summed E-state index contributed by atoms with van der Waals surface area (Å²) in [5.41, 5.74) is 2.88. The third-order valence-electron chi connectivity index (χ3n) is 4.08. The van der Waals surface area contributed by atoms with Gasteiger partial charge in [0.15, 0.2) is 5.78 Å². The number of nitrogens with one attached hydrogen (secondary N) is 2. The van der Waals surface area contributed by atoms with E-state index in [-0.39, 0.29) is 11.4 Å². The highest BCUT2D eigenvalue weighted by Crippen LogP contribution is 2.17. The zero-order chi connectivity index (χ0) is 19.1. The van der Waals surface area contributed by atoms with E-state index in [0.29, 0.717) is 11.3 Å². The molecule has 0 unspecified atom stereocenters. The topological polar surface area (TPSA) is 58.2 Å². The number of amides is 1. The lowest BCUT2D eigenvalue weighted by molar-refractivity contribution is -0.112. The minimum Gasteiger partial charge on any atom is -0.361 e. The fourth-order valence-electron chi connectivity index (χ4n) is 2.57. The molecule has 3 rings (SSSR count). The van der Waals surface area contributed by atoms with Crippen molar-refractivity contribution >= 4 is 23.1 Å². The van der Waals surface area contributed by atoms with Crippen molar-refractivity contribution in [3.8, 4) is 0 Å². The van der Waals surface area contributed by atoms with Gasteiger partial charge in [0, 0.05) is 23.1 Å². The van der Waals surface area contributed by atoms with Gasteiger partial charge in [0.05, 0.1) is 0 Å². The van der Waals surface area contributed by atoms with E-state index in [4.69, 9.17) is 0 Å². The van der Waals surface area contributed by atoms with Crippen molar-refractivity contribution < 1.29 is 9.59 Å². The van der Waals surface area contributed by atoms with Crippen LogP contribution in [0.4, 0.5) is 11.4 Å². The summed E-state index contributed by atoms with van der Waals surface area (Å²) in [4.78, 5) is 25.8. The Morgan fingerprint density at radius 1 is 0.778 bits per heavy atom. The number of rotatable bonds is 6. The Hall–Kier alpha value is -3.66. The van der Waals surface area contributed by atoms with Gasteiger partial charge in [-0.05, 0) is 30.7 Å². The van der Waals surface area contributed by atoms with Crippen LogP contribution in [-0.4, -0.2) is 11.7 Å². The molecule has 0 aliphatic rings. The molecule has 0 atom stereocenters. The van der Waals surface area contributed by atoms with Crippen LogP contribution in [0, 0.1) is 6.92 Å². The second-order valence-electron chi connectivity index (χ2n) is 6.03. The Balaban J connectivity index is 1.90. The van der Waals surface area contributed by atoms with Crippen LogP contribution in [-0.2, 0) is 4.79 Å². The SMILES string of the molecule is Cc1ccccc1NC(=O)C(=CNc1ccccc1)C(=O)c1ccccc1. The van der Waals surface area contributed by atoms with Gasteiger partial charge in [-0.1, -0.05) is 66.7 Å². The van der Waals surface area contributed by atoms with E-state index >= 15 is 0 Å². The number of Topliss-reactive ketones (excluding diaryl/α,β-unsaturated/α-hetero) is 1. The summed E-state index contributed by atoms with van der Waals surface area (Å²) in [6.07, 6.45) is 1.46. The molecular weight excluding hydrogens is 336 g/mol. The summed E-state index contributed by atoms with van der Waals surface area (Å²) >= 11 is 0. The summed E-state index contributed by atoms with van der Waals surface area (Å²) in [6.45, 7) is 1.90. The lowest BCUT2D eigenvalue weighted by atomic mass is 10.0. The van der Waals surface area contributed by atoms with Crippen molar-refractivity contribution in [3.05, 3.63) is 108 Å². The van der Waals surface area contributed by atoms with Gasteiger partial charge in [0.2, 0.25) is 0 Å². The Morgan fingerprint density at radius 2 is 1.37 bits per heavy atom. The van der Waals surface area contributed by atoms with Gasteiger partial charge in [0.25, 0.3) is 5.91 Å². The first-order chi connectivity index (χ1) is 13.1. The van der Waals surface area contributed by atoms with Crippen molar-refractivity contribution in [2.24, 2.45) is 0 Å². The second-order valence-corrected chi connectivity index (χ2v) is 6.03. The normalized spacial score (nSPS) is 10.9. The highest BCUT2D eigenvalue weighted by atomic mass is 16.2. The molecular formula is C23H20N2O2. The van der Waals surface area contributed by atoms with Crippen LogP contribution >= 0.6 is 0 Å². The number of aryl methyl sites for hydroxylation is 1. The predicted octanol–water partition coefficient (Wildman–Crippen LogP) is 4.81. The Kier molecular flexibility index (Phi) is 5.80. The molecule has 134 valence electrons. The molecule has 0 saturated heterocycles. The first-order valence-corrected chi connectivity index (χ1v) is 8.63. The largest absolute Gasteiger partial charge is 0.361 e. The number of hydrogen-bond acceptors (Lipinski definition) is 3. The monoisotopic (exact) mass is 356 g/mol. The average molecular weight is 356 g/mol. The fourth-order valence-corrected chi connectivity index (χ4v) is 2.57. The molecule has 3 aromatic carbocycles. The molecule has 0 fully saturated rings. The van der Waals surface area contributed by atoms with Crippen LogP contribution in [0.15, 0.2) is 96.7 Å². The molecule has 0 aliphatic carbocycles. The number of anilines is 2. The van der Waals surface area contributed by atoms with Crippen molar-refractivity contribution in [2.45, 2.75) is 6.92 Å². The molecule has 4 heteroatoms. The van der Waals surface area contributed by atoms with Gasteiger partial charge in [-0.2, -0.15) is 0 Å². The lowest BCUT2D eigenvalue weighted by Gasteiger charge is -2.11. The van der Waals surface area contributed by atoms with Gasteiger partial charge in [-0.3, -0.25) is 9.59 Å². The molecule has 0 aromatic heterocycles. The van der Waals surface area contributed by atoms with Gasteiger partial charge in [0.1, 0.15) is 5.57 Å². The number of hydrogen-bond donors (Lipinski definition) is 2. The van der Waals surface area contributed by atoms with Crippen molar-refractivity contribution in [1.82, 2.24) is 0 Å². The fraction of sp³-hybridized carbons (Fsp3) is 0.0435. The summed E-state index contributed by atoms with van der Waals surface area (Å²) < 4.78 is 0. The molecule has 0 bridgehead atoms. The minimum atomic E-state index is -0.457. The maximum Gasteiger partial charge on any atom is 0.261 e. The van der Waals surface area contributed by atoms with E-state index in [1.807, 2.05) is 67.6 Å². The number of carbonyl (C=O) groups is 2. The first kappa shape index (κ1) is 18.1. The zero-order valence-corrected chi connectivity index (χ0v) is 15.0. The Labute approximate surface area is 158 Å². The minimum absolute atomic E-state index is 0.0355. The van der Waals surface area contributed by atoms with Crippen LogP contribution in [0.1, 0.15) is 15.9 Å². The van der Waals surface area contributed by atoms with Gasteiger partial charge < -0.3 is 10.6 Å². The van der Waals surface area contributed by atoms with Crippen LogP contribution in [0.2, 0.25) is 0 Å². The number of ketones is 1. The third-order valence-corrected chi connectivity index (χ3v) is 4.08.